The number of rotatable bonds is 6. The van der Waals surface area contributed by atoms with Gasteiger partial charge in [0.05, 0.1) is 12.6 Å². The van der Waals surface area contributed by atoms with E-state index in [2.05, 4.69) is 6.58 Å². The van der Waals surface area contributed by atoms with Crippen molar-refractivity contribution in [2.24, 2.45) is 5.41 Å². The van der Waals surface area contributed by atoms with Crippen molar-refractivity contribution in [2.75, 3.05) is 27.2 Å². The van der Waals surface area contributed by atoms with E-state index in [0.29, 0.717) is 0 Å². The fraction of sp³-hybridized carbons (Fsp3) is 0.765. The molecule has 2 aliphatic carbocycles. The van der Waals surface area contributed by atoms with Crippen LogP contribution in [0.25, 0.3) is 0 Å². The molecular weight excluding hydrogens is 280 g/mol. The standard InChI is InChI=1S/C17H28N2O3/c1-5-15(20)18(3)12-16(21)19(4)13-11-14(22-6-2)17(13)9-7-8-10-17/h5,13-14H,1,6-12H2,2-4H3/t13-,14+/m0/s1. The van der Waals surface area contributed by atoms with E-state index in [4.69, 9.17) is 4.74 Å². The van der Waals surface area contributed by atoms with Crippen LogP contribution in [0.15, 0.2) is 12.7 Å². The molecule has 0 aliphatic heterocycles. The maximum absolute atomic E-state index is 12.5. The quantitative estimate of drug-likeness (QED) is 0.703. The Morgan fingerprint density at radius 3 is 2.50 bits per heavy atom. The minimum absolute atomic E-state index is 0.0103. The summed E-state index contributed by atoms with van der Waals surface area (Å²) in [5.41, 5.74) is 0.140. The predicted octanol–water partition coefficient (Wildman–Crippen LogP) is 1.83. The maximum atomic E-state index is 12.5. The molecule has 2 rings (SSSR count). The molecule has 0 heterocycles. The first-order valence-electron chi connectivity index (χ1n) is 8.21. The van der Waals surface area contributed by atoms with Gasteiger partial charge in [0.1, 0.15) is 0 Å². The van der Waals surface area contributed by atoms with Crippen molar-refractivity contribution < 1.29 is 14.3 Å². The summed E-state index contributed by atoms with van der Waals surface area (Å²) in [5.74, 6) is -0.234. The Bertz CT molecular complexity index is 443. The summed E-state index contributed by atoms with van der Waals surface area (Å²) in [6.07, 6.45) is 7.15. The van der Waals surface area contributed by atoms with Gasteiger partial charge in [-0.25, -0.2) is 0 Å². The number of ether oxygens (including phenoxy) is 1. The van der Waals surface area contributed by atoms with Crippen molar-refractivity contribution in [1.29, 1.82) is 0 Å². The number of carbonyl (C=O) groups excluding carboxylic acids is 2. The highest BCUT2D eigenvalue weighted by Crippen LogP contribution is 2.56. The minimum Gasteiger partial charge on any atom is -0.378 e. The van der Waals surface area contributed by atoms with Crippen LogP contribution in [-0.2, 0) is 14.3 Å². The highest BCUT2D eigenvalue weighted by atomic mass is 16.5. The Morgan fingerprint density at radius 2 is 1.95 bits per heavy atom. The number of nitrogens with zero attached hydrogens (tertiary/aromatic N) is 2. The normalized spacial score (nSPS) is 25.6. The van der Waals surface area contributed by atoms with Gasteiger partial charge in [-0.15, -0.1) is 0 Å². The Hall–Kier alpha value is -1.36. The summed E-state index contributed by atoms with van der Waals surface area (Å²) < 4.78 is 5.90. The largest absolute Gasteiger partial charge is 0.378 e. The average molecular weight is 308 g/mol. The zero-order valence-electron chi connectivity index (χ0n) is 14.0. The lowest BCUT2D eigenvalue weighted by Gasteiger charge is -2.57. The second-order valence-corrected chi connectivity index (χ2v) is 6.54. The molecule has 0 radical (unpaired) electrons. The number of likely N-dealkylation sites (N-methyl/N-ethyl adjacent to an activating group) is 2. The first-order valence-corrected chi connectivity index (χ1v) is 8.21. The highest BCUT2D eigenvalue weighted by molar-refractivity contribution is 5.90. The van der Waals surface area contributed by atoms with Crippen LogP contribution in [0.1, 0.15) is 39.0 Å². The van der Waals surface area contributed by atoms with E-state index < -0.39 is 0 Å². The van der Waals surface area contributed by atoms with E-state index in [1.807, 2.05) is 18.9 Å². The van der Waals surface area contributed by atoms with Gasteiger partial charge in [-0.3, -0.25) is 9.59 Å². The molecule has 124 valence electrons. The van der Waals surface area contributed by atoms with Crippen molar-refractivity contribution in [2.45, 2.75) is 51.2 Å². The lowest BCUT2D eigenvalue weighted by Crippen LogP contribution is -2.64. The average Bonchev–Trinajstić information content (AvgIpc) is 3.01. The van der Waals surface area contributed by atoms with Gasteiger partial charge >= 0.3 is 0 Å². The van der Waals surface area contributed by atoms with Gasteiger partial charge in [-0.2, -0.15) is 0 Å². The molecule has 2 fully saturated rings. The van der Waals surface area contributed by atoms with Gasteiger partial charge in [0, 0.05) is 32.2 Å². The molecule has 5 heteroatoms. The number of hydrogen-bond acceptors (Lipinski definition) is 3. The summed E-state index contributed by atoms with van der Waals surface area (Å²) >= 11 is 0. The van der Waals surface area contributed by atoms with Crippen molar-refractivity contribution >= 4 is 11.8 Å². The van der Waals surface area contributed by atoms with Crippen molar-refractivity contribution in [3.63, 3.8) is 0 Å². The van der Waals surface area contributed by atoms with E-state index in [1.165, 1.54) is 23.8 Å². The first-order chi connectivity index (χ1) is 10.5. The van der Waals surface area contributed by atoms with Crippen molar-refractivity contribution in [3.05, 3.63) is 12.7 Å². The molecule has 0 aromatic rings. The Kier molecular flexibility index (Phi) is 5.27. The van der Waals surface area contributed by atoms with Crippen LogP contribution < -0.4 is 0 Å². The molecule has 2 saturated carbocycles. The van der Waals surface area contributed by atoms with Gasteiger partial charge in [-0.1, -0.05) is 19.4 Å². The Morgan fingerprint density at radius 1 is 1.32 bits per heavy atom. The third kappa shape index (κ3) is 2.91. The molecule has 0 saturated heterocycles. The minimum atomic E-state index is -0.224. The smallest absolute Gasteiger partial charge is 0.246 e. The third-order valence-electron chi connectivity index (χ3n) is 5.43. The molecule has 1 spiro atoms. The summed E-state index contributed by atoms with van der Waals surface area (Å²) in [6, 6.07) is 0.242. The number of carbonyl (C=O) groups is 2. The second-order valence-electron chi connectivity index (χ2n) is 6.54. The zero-order valence-corrected chi connectivity index (χ0v) is 14.0. The van der Waals surface area contributed by atoms with Crippen LogP contribution in [0.5, 0.6) is 0 Å². The van der Waals surface area contributed by atoms with Gasteiger partial charge < -0.3 is 14.5 Å². The summed E-state index contributed by atoms with van der Waals surface area (Å²) in [7, 11) is 3.49. The third-order valence-corrected chi connectivity index (χ3v) is 5.43. The van der Waals surface area contributed by atoms with Crippen LogP contribution in [-0.4, -0.2) is 61.0 Å². The van der Waals surface area contributed by atoms with Gasteiger partial charge in [-0.05, 0) is 32.3 Å². The molecule has 0 unspecified atom stereocenters. The molecule has 2 amide bonds. The molecule has 0 bridgehead atoms. The summed E-state index contributed by atoms with van der Waals surface area (Å²) in [4.78, 5) is 27.2. The van der Waals surface area contributed by atoms with E-state index in [-0.39, 0.29) is 35.9 Å². The van der Waals surface area contributed by atoms with Gasteiger partial charge in [0.2, 0.25) is 11.8 Å². The molecule has 5 nitrogen and oxygen atoms in total. The SMILES string of the molecule is C=CC(=O)N(C)CC(=O)N(C)[C@H]1C[C@@H](OCC)C12CCCC2. The highest BCUT2D eigenvalue weighted by Gasteiger charge is 2.58. The molecule has 0 N–H and O–H groups in total. The van der Waals surface area contributed by atoms with Crippen LogP contribution in [0.3, 0.4) is 0 Å². The zero-order chi connectivity index (χ0) is 16.3. The van der Waals surface area contributed by atoms with Crippen molar-refractivity contribution in [1.82, 2.24) is 9.80 Å². The second kappa shape index (κ2) is 6.82. The lowest BCUT2D eigenvalue weighted by molar-refractivity contribution is -0.173. The number of hydrogen-bond donors (Lipinski definition) is 0. The molecule has 0 aromatic heterocycles. The monoisotopic (exact) mass is 308 g/mol. The Balaban J connectivity index is 2.00. The summed E-state index contributed by atoms with van der Waals surface area (Å²) in [6.45, 7) is 6.31. The summed E-state index contributed by atoms with van der Waals surface area (Å²) in [5, 5.41) is 0. The van der Waals surface area contributed by atoms with Crippen LogP contribution in [0, 0.1) is 5.41 Å². The van der Waals surface area contributed by atoms with E-state index in [0.717, 1.165) is 25.9 Å². The van der Waals surface area contributed by atoms with Crippen LogP contribution in [0.4, 0.5) is 0 Å². The molecule has 0 aromatic carbocycles. The molecule has 22 heavy (non-hydrogen) atoms. The number of amides is 2. The molecule has 2 atom stereocenters. The van der Waals surface area contributed by atoms with E-state index >= 15 is 0 Å². The van der Waals surface area contributed by atoms with Crippen molar-refractivity contribution in [3.8, 4) is 0 Å². The van der Waals surface area contributed by atoms with E-state index in [1.54, 1.807) is 7.05 Å². The molecular formula is C17H28N2O3. The van der Waals surface area contributed by atoms with Crippen LogP contribution >= 0.6 is 0 Å². The van der Waals surface area contributed by atoms with Gasteiger partial charge in [0.15, 0.2) is 0 Å². The lowest BCUT2D eigenvalue weighted by atomic mass is 9.60. The Labute approximate surface area is 133 Å². The molecule has 2 aliphatic rings. The maximum Gasteiger partial charge on any atom is 0.246 e. The predicted molar refractivity (Wildman–Crippen MR) is 85.3 cm³/mol. The fourth-order valence-corrected chi connectivity index (χ4v) is 4.12. The topological polar surface area (TPSA) is 49.9 Å². The van der Waals surface area contributed by atoms with Gasteiger partial charge in [0.25, 0.3) is 0 Å². The first kappa shape index (κ1) is 17.0. The fourth-order valence-electron chi connectivity index (χ4n) is 4.12. The van der Waals surface area contributed by atoms with Crippen LogP contribution in [0.2, 0.25) is 0 Å². The van der Waals surface area contributed by atoms with E-state index in [9.17, 15) is 9.59 Å².